The molecular weight excluding hydrogens is 314 g/mol. The van der Waals surface area contributed by atoms with E-state index in [0.717, 1.165) is 18.8 Å². The van der Waals surface area contributed by atoms with Crippen LogP contribution < -0.4 is 10.2 Å². The molecule has 0 aliphatic carbocycles. The fraction of sp³-hybridized carbons (Fsp3) is 0.235. The van der Waals surface area contributed by atoms with E-state index in [9.17, 15) is 9.90 Å². The number of amides is 2. The van der Waals surface area contributed by atoms with E-state index < -0.39 is 0 Å². The van der Waals surface area contributed by atoms with Crippen LogP contribution >= 0.6 is 11.6 Å². The Labute approximate surface area is 140 Å². The number of carbonyl (C=O) groups excluding carboxylic acids is 1. The molecule has 1 saturated heterocycles. The highest BCUT2D eigenvalue weighted by atomic mass is 35.5. The predicted molar refractivity (Wildman–Crippen MR) is 92.4 cm³/mol. The molecule has 2 aromatic rings. The molecule has 2 N–H and O–H groups in total. The van der Waals surface area contributed by atoms with Crippen molar-refractivity contribution in [3.05, 3.63) is 53.6 Å². The highest BCUT2D eigenvalue weighted by Gasteiger charge is 2.21. The molecule has 0 atom stereocenters. The molecule has 2 aromatic carbocycles. The van der Waals surface area contributed by atoms with Crippen molar-refractivity contribution in [2.45, 2.75) is 0 Å². The average Bonchev–Trinajstić information content (AvgIpc) is 2.56. The van der Waals surface area contributed by atoms with Gasteiger partial charge in [0.2, 0.25) is 0 Å². The fourth-order valence-electron chi connectivity index (χ4n) is 2.60. The van der Waals surface area contributed by atoms with Crippen LogP contribution in [0.25, 0.3) is 0 Å². The summed E-state index contributed by atoms with van der Waals surface area (Å²) in [5.41, 5.74) is 1.75. The molecule has 1 fully saturated rings. The van der Waals surface area contributed by atoms with E-state index in [-0.39, 0.29) is 11.8 Å². The number of benzene rings is 2. The molecule has 1 aliphatic heterocycles. The minimum atomic E-state index is -0.113. The molecule has 3 rings (SSSR count). The number of anilines is 2. The molecule has 120 valence electrons. The summed E-state index contributed by atoms with van der Waals surface area (Å²) in [6.07, 6.45) is 0. The Hall–Kier alpha value is -2.40. The van der Waals surface area contributed by atoms with Crippen molar-refractivity contribution in [3.8, 4) is 5.75 Å². The van der Waals surface area contributed by atoms with Gasteiger partial charge in [-0.15, -0.1) is 0 Å². The first-order valence-electron chi connectivity index (χ1n) is 7.47. The lowest BCUT2D eigenvalue weighted by Crippen LogP contribution is -2.50. The molecule has 23 heavy (non-hydrogen) atoms. The zero-order valence-corrected chi connectivity index (χ0v) is 13.3. The van der Waals surface area contributed by atoms with Gasteiger partial charge in [0.15, 0.2) is 0 Å². The van der Waals surface area contributed by atoms with Crippen molar-refractivity contribution in [1.82, 2.24) is 4.90 Å². The first-order valence-corrected chi connectivity index (χ1v) is 7.85. The zero-order chi connectivity index (χ0) is 16.2. The molecule has 0 bridgehead atoms. The average molecular weight is 332 g/mol. The standard InChI is InChI=1S/C17H18ClN3O2/c18-13-2-1-3-14(12-13)19-17(23)21-10-8-20(9-11-21)15-4-6-16(22)7-5-15/h1-7,12,22H,8-11H2,(H,19,23). The Morgan fingerprint density at radius 2 is 1.74 bits per heavy atom. The first-order chi connectivity index (χ1) is 11.1. The first kappa shape index (κ1) is 15.5. The maximum Gasteiger partial charge on any atom is 0.321 e. The second kappa shape index (κ2) is 6.79. The SMILES string of the molecule is O=C(Nc1cccc(Cl)c1)N1CCN(c2ccc(O)cc2)CC1. The third-order valence-corrected chi connectivity index (χ3v) is 4.09. The largest absolute Gasteiger partial charge is 0.508 e. The molecule has 0 spiro atoms. The van der Waals surface area contributed by atoms with E-state index in [0.29, 0.717) is 23.8 Å². The lowest BCUT2D eigenvalue weighted by atomic mass is 10.2. The van der Waals surface area contributed by atoms with Gasteiger partial charge in [0, 0.05) is 42.6 Å². The Morgan fingerprint density at radius 3 is 2.39 bits per heavy atom. The van der Waals surface area contributed by atoms with Crippen LogP contribution in [0.15, 0.2) is 48.5 Å². The van der Waals surface area contributed by atoms with Crippen LogP contribution in [0, 0.1) is 0 Å². The number of piperazine rings is 1. The van der Waals surface area contributed by atoms with E-state index in [1.807, 2.05) is 18.2 Å². The number of urea groups is 1. The van der Waals surface area contributed by atoms with Gasteiger partial charge in [-0.25, -0.2) is 4.79 Å². The predicted octanol–water partition coefficient (Wildman–Crippen LogP) is 3.40. The van der Waals surface area contributed by atoms with Gasteiger partial charge in [0.1, 0.15) is 5.75 Å². The Bertz CT molecular complexity index is 682. The topological polar surface area (TPSA) is 55.8 Å². The summed E-state index contributed by atoms with van der Waals surface area (Å²) in [6.45, 7) is 2.81. The molecule has 0 unspecified atom stereocenters. The highest BCUT2D eigenvalue weighted by Crippen LogP contribution is 2.20. The fourth-order valence-corrected chi connectivity index (χ4v) is 2.79. The summed E-state index contributed by atoms with van der Waals surface area (Å²) in [7, 11) is 0. The normalized spacial score (nSPS) is 14.7. The second-order valence-electron chi connectivity index (χ2n) is 5.43. The van der Waals surface area contributed by atoms with Crippen LogP contribution in [0.5, 0.6) is 5.75 Å². The molecule has 5 nitrogen and oxygen atoms in total. The summed E-state index contributed by atoms with van der Waals surface area (Å²) >= 11 is 5.92. The number of phenols is 1. The van der Waals surface area contributed by atoms with E-state index in [2.05, 4.69) is 10.2 Å². The number of carbonyl (C=O) groups is 1. The molecule has 1 heterocycles. The van der Waals surface area contributed by atoms with Crippen LogP contribution in [0.1, 0.15) is 0 Å². The number of halogens is 1. The van der Waals surface area contributed by atoms with Crippen molar-refractivity contribution < 1.29 is 9.90 Å². The lowest BCUT2D eigenvalue weighted by molar-refractivity contribution is 0.208. The van der Waals surface area contributed by atoms with Gasteiger partial charge in [-0.2, -0.15) is 0 Å². The van der Waals surface area contributed by atoms with E-state index in [1.165, 1.54) is 0 Å². The third kappa shape index (κ3) is 3.87. The van der Waals surface area contributed by atoms with E-state index in [4.69, 9.17) is 11.6 Å². The van der Waals surface area contributed by atoms with Gasteiger partial charge in [-0.1, -0.05) is 17.7 Å². The summed E-state index contributed by atoms with van der Waals surface area (Å²) < 4.78 is 0. The van der Waals surface area contributed by atoms with Crippen molar-refractivity contribution in [3.63, 3.8) is 0 Å². The monoisotopic (exact) mass is 331 g/mol. The molecule has 0 radical (unpaired) electrons. The number of rotatable bonds is 2. The lowest BCUT2D eigenvalue weighted by Gasteiger charge is -2.36. The number of phenolic OH excluding ortho intramolecular Hbond substituents is 1. The minimum absolute atomic E-state index is 0.113. The number of aromatic hydroxyl groups is 1. The van der Waals surface area contributed by atoms with Crippen molar-refractivity contribution in [2.24, 2.45) is 0 Å². The van der Waals surface area contributed by atoms with Gasteiger partial charge in [-0.05, 0) is 42.5 Å². The molecule has 0 saturated carbocycles. The van der Waals surface area contributed by atoms with Crippen LogP contribution in [-0.4, -0.2) is 42.2 Å². The molecular formula is C17H18ClN3O2. The van der Waals surface area contributed by atoms with Gasteiger partial charge in [0.25, 0.3) is 0 Å². The van der Waals surface area contributed by atoms with Crippen molar-refractivity contribution >= 4 is 29.0 Å². The number of hydrogen-bond donors (Lipinski definition) is 2. The summed E-state index contributed by atoms with van der Waals surface area (Å²) in [4.78, 5) is 16.3. The Balaban J connectivity index is 1.56. The molecule has 0 aromatic heterocycles. The van der Waals surface area contributed by atoms with E-state index >= 15 is 0 Å². The molecule has 2 amide bonds. The number of nitrogens with one attached hydrogen (secondary N) is 1. The zero-order valence-electron chi connectivity index (χ0n) is 12.6. The van der Waals surface area contributed by atoms with Gasteiger partial charge in [-0.3, -0.25) is 0 Å². The van der Waals surface area contributed by atoms with Crippen LogP contribution in [-0.2, 0) is 0 Å². The smallest absolute Gasteiger partial charge is 0.321 e. The Kier molecular flexibility index (Phi) is 4.57. The molecule has 6 heteroatoms. The summed E-state index contributed by atoms with van der Waals surface area (Å²) in [6, 6.07) is 14.1. The van der Waals surface area contributed by atoms with Crippen LogP contribution in [0.2, 0.25) is 5.02 Å². The number of hydrogen-bond acceptors (Lipinski definition) is 3. The summed E-state index contributed by atoms with van der Waals surface area (Å²) in [5, 5.41) is 12.8. The molecule has 1 aliphatic rings. The maximum absolute atomic E-state index is 12.3. The van der Waals surface area contributed by atoms with E-state index in [1.54, 1.807) is 35.2 Å². The van der Waals surface area contributed by atoms with Crippen LogP contribution in [0.4, 0.5) is 16.2 Å². The van der Waals surface area contributed by atoms with Crippen molar-refractivity contribution in [2.75, 3.05) is 36.4 Å². The van der Waals surface area contributed by atoms with Crippen LogP contribution in [0.3, 0.4) is 0 Å². The highest BCUT2D eigenvalue weighted by molar-refractivity contribution is 6.30. The number of nitrogens with zero attached hydrogens (tertiary/aromatic N) is 2. The quantitative estimate of drug-likeness (QED) is 0.886. The summed E-state index contributed by atoms with van der Waals surface area (Å²) in [5.74, 6) is 0.258. The second-order valence-corrected chi connectivity index (χ2v) is 5.87. The third-order valence-electron chi connectivity index (χ3n) is 3.86. The van der Waals surface area contributed by atoms with Crippen molar-refractivity contribution in [1.29, 1.82) is 0 Å². The van der Waals surface area contributed by atoms with Gasteiger partial charge < -0.3 is 20.2 Å². The maximum atomic E-state index is 12.3. The van der Waals surface area contributed by atoms with Gasteiger partial charge in [0.05, 0.1) is 0 Å². The van der Waals surface area contributed by atoms with Gasteiger partial charge >= 0.3 is 6.03 Å². The Morgan fingerprint density at radius 1 is 1.04 bits per heavy atom. The minimum Gasteiger partial charge on any atom is -0.508 e.